The Bertz CT molecular complexity index is 583. The molecule has 1 aromatic carbocycles. The minimum absolute atomic E-state index is 0.822. The summed E-state index contributed by atoms with van der Waals surface area (Å²) in [6.45, 7) is 6.53. The van der Waals surface area contributed by atoms with Gasteiger partial charge >= 0.3 is 0 Å². The van der Waals surface area contributed by atoms with Gasteiger partial charge in [0, 0.05) is 35.4 Å². The second kappa shape index (κ2) is 6.71. The van der Waals surface area contributed by atoms with Gasteiger partial charge in [-0.3, -0.25) is 0 Å². The number of aromatic nitrogens is 1. The van der Waals surface area contributed by atoms with Gasteiger partial charge in [0.25, 0.3) is 0 Å². The van der Waals surface area contributed by atoms with Gasteiger partial charge in [-0.1, -0.05) is 18.2 Å². The molecule has 0 saturated carbocycles. The molecular formula is C18H24N2S. The van der Waals surface area contributed by atoms with Crippen LogP contribution in [0.15, 0.2) is 36.4 Å². The third-order valence-electron chi connectivity index (χ3n) is 4.26. The zero-order valence-electron chi connectivity index (χ0n) is 12.9. The van der Waals surface area contributed by atoms with Crippen molar-refractivity contribution in [1.29, 1.82) is 0 Å². The van der Waals surface area contributed by atoms with E-state index in [1.54, 1.807) is 0 Å². The van der Waals surface area contributed by atoms with Crippen molar-refractivity contribution in [3.8, 4) is 5.69 Å². The second-order valence-electron chi connectivity index (χ2n) is 5.83. The van der Waals surface area contributed by atoms with Gasteiger partial charge in [-0.25, -0.2) is 0 Å². The molecule has 3 rings (SSSR count). The number of hydrogen-bond donors (Lipinski definition) is 1. The molecule has 0 amide bonds. The Kier molecular flexibility index (Phi) is 4.71. The lowest BCUT2D eigenvalue weighted by Crippen LogP contribution is -2.22. The van der Waals surface area contributed by atoms with Gasteiger partial charge in [-0.15, -0.1) is 0 Å². The summed E-state index contributed by atoms with van der Waals surface area (Å²) in [4.78, 5) is 0. The van der Waals surface area contributed by atoms with Gasteiger partial charge < -0.3 is 9.88 Å². The highest BCUT2D eigenvalue weighted by Crippen LogP contribution is 2.25. The van der Waals surface area contributed by atoms with E-state index in [0.717, 1.165) is 18.3 Å². The van der Waals surface area contributed by atoms with Gasteiger partial charge in [0.2, 0.25) is 0 Å². The Labute approximate surface area is 131 Å². The Morgan fingerprint density at radius 1 is 1.24 bits per heavy atom. The minimum Gasteiger partial charge on any atom is -0.318 e. The zero-order chi connectivity index (χ0) is 14.7. The van der Waals surface area contributed by atoms with Crippen LogP contribution in [0.2, 0.25) is 0 Å². The molecule has 1 N–H and O–H groups in total. The summed E-state index contributed by atoms with van der Waals surface area (Å²) in [5, 5.41) is 4.46. The fraction of sp³-hybridized carbons (Fsp3) is 0.444. The topological polar surface area (TPSA) is 17.0 Å². The summed E-state index contributed by atoms with van der Waals surface area (Å²) < 4.78 is 2.35. The van der Waals surface area contributed by atoms with E-state index < -0.39 is 0 Å². The van der Waals surface area contributed by atoms with Crippen LogP contribution in [-0.2, 0) is 6.54 Å². The molecular weight excluding hydrogens is 276 g/mol. The first-order valence-electron chi connectivity index (χ1n) is 7.81. The maximum Gasteiger partial charge on any atom is 0.0455 e. The number of nitrogens with one attached hydrogen (secondary N) is 1. The quantitative estimate of drug-likeness (QED) is 0.896. The molecule has 1 aliphatic rings. The van der Waals surface area contributed by atoms with Crippen molar-refractivity contribution in [2.75, 3.05) is 12.3 Å². The van der Waals surface area contributed by atoms with Gasteiger partial charge in [0.05, 0.1) is 0 Å². The maximum atomic E-state index is 3.64. The molecule has 3 heteroatoms. The number of para-hydroxylation sites is 1. The fourth-order valence-corrected chi connectivity index (χ4v) is 4.39. The summed E-state index contributed by atoms with van der Waals surface area (Å²) in [6, 6.07) is 12.9. The summed E-state index contributed by atoms with van der Waals surface area (Å²) in [6.07, 6.45) is 2.76. The average Bonchev–Trinajstić information content (AvgIpc) is 3.09. The molecule has 2 aromatic rings. The monoisotopic (exact) mass is 300 g/mol. The highest BCUT2D eigenvalue weighted by atomic mass is 32.2. The highest BCUT2D eigenvalue weighted by molar-refractivity contribution is 8.00. The molecule has 2 heterocycles. The number of hydrogen-bond acceptors (Lipinski definition) is 2. The van der Waals surface area contributed by atoms with Crippen LogP contribution in [0.3, 0.4) is 0 Å². The van der Waals surface area contributed by atoms with E-state index in [4.69, 9.17) is 0 Å². The predicted octanol–water partition coefficient (Wildman–Crippen LogP) is 4.08. The highest BCUT2D eigenvalue weighted by Gasteiger charge is 2.15. The standard InChI is InChI=1S/C18H24N2S/c1-14-11-16(12-19-13-18-9-6-10-21-18)15(2)20(14)17-7-4-3-5-8-17/h3-5,7-8,11,18-19H,6,9-10,12-13H2,1-2H3. The van der Waals surface area contributed by atoms with E-state index in [9.17, 15) is 0 Å². The third kappa shape index (κ3) is 3.35. The normalized spacial score (nSPS) is 18.3. The molecule has 1 atom stereocenters. The lowest BCUT2D eigenvalue weighted by Gasteiger charge is -2.11. The van der Waals surface area contributed by atoms with Crippen molar-refractivity contribution in [2.45, 2.75) is 38.5 Å². The molecule has 0 bridgehead atoms. The first kappa shape index (κ1) is 14.7. The van der Waals surface area contributed by atoms with E-state index in [2.05, 4.69) is 71.9 Å². The van der Waals surface area contributed by atoms with Crippen molar-refractivity contribution in [1.82, 2.24) is 9.88 Å². The number of rotatable bonds is 5. The van der Waals surface area contributed by atoms with Crippen LogP contribution in [0.4, 0.5) is 0 Å². The molecule has 1 aliphatic heterocycles. The van der Waals surface area contributed by atoms with Crippen molar-refractivity contribution < 1.29 is 0 Å². The van der Waals surface area contributed by atoms with E-state index in [1.165, 1.54) is 41.2 Å². The van der Waals surface area contributed by atoms with Gasteiger partial charge in [0.1, 0.15) is 0 Å². The molecule has 21 heavy (non-hydrogen) atoms. The van der Waals surface area contributed by atoms with Gasteiger partial charge in [-0.05, 0) is 56.2 Å². The Hall–Kier alpha value is -1.19. The number of nitrogens with zero attached hydrogens (tertiary/aromatic N) is 1. The molecule has 1 saturated heterocycles. The minimum atomic E-state index is 0.822. The average molecular weight is 300 g/mol. The first-order chi connectivity index (χ1) is 10.3. The molecule has 0 spiro atoms. The predicted molar refractivity (Wildman–Crippen MR) is 92.4 cm³/mol. The first-order valence-corrected chi connectivity index (χ1v) is 8.86. The van der Waals surface area contributed by atoms with Crippen molar-refractivity contribution in [3.05, 3.63) is 53.3 Å². The van der Waals surface area contributed by atoms with Gasteiger partial charge in [0.15, 0.2) is 0 Å². The van der Waals surface area contributed by atoms with Crippen molar-refractivity contribution in [2.24, 2.45) is 0 Å². The molecule has 1 aromatic heterocycles. The van der Waals surface area contributed by atoms with E-state index in [1.807, 2.05) is 0 Å². The molecule has 1 fully saturated rings. The fourth-order valence-electron chi connectivity index (χ4n) is 3.16. The van der Waals surface area contributed by atoms with Crippen LogP contribution in [-0.4, -0.2) is 22.1 Å². The Morgan fingerprint density at radius 3 is 2.76 bits per heavy atom. The van der Waals surface area contributed by atoms with Crippen molar-refractivity contribution >= 4 is 11.8 Å². The van der Waals surface area contributed by atoms with Crippen LogP contribution in [0.25, 0.3) is 5.69 Å². The van der Waals surface area contributed by atoms with Gasteiger partial charge in [-0.2, -0.15) is 11.8 Å². The number of thioether (sulfide) groups is 1. The van der Waals surface area contributed by atoms with Crippen LogP contribution in [0.1, 0.15) is 29.8 Å². The molecule has 0 aliphatic carbocycles. The van der Waals surface area contributed by atoms with Crippen LogP contribution < -0.4 is 5.32 Å². The number of benzene rings is 1. The Morgan fingerprint density at radius 2 is 2.05 bits per heavy atom. The lowest BCUT2D eigenvalue weighted by molar-refractivity contribution is 0.644. The van der Waals surface area contributed by atoms with Crippen LogP contribution in [0, 0.1) is 13.8 Å². The van der Waals surface area contributed by atoms with Crippen molar-refractivity contribution in [3.63, 3.8) is 0 Å². The molecule has 1 unspecified atom stereocenters. The molecule has 2 nitrogen and oxygen atoms in total. The lowest BCUT2D eigenvalue weighted by atomic mass is 10.2. The number of aryl methyl sites for hydroxylation is 1. The largest absolute Gasteiger partial charge is 0.318 e. The summed E-state index contributed by atoms with van der Waals surface area (Å²) in [7, 11) is 0. The van der Waals surface area contributed by atoms with E-state index in [0.29, 0.717) is 0 Å². The van der Waals surface area contributed by atoms with E-state index >= 15 is 0 Å². The summed E-state index contributed by atoms with van der Waals surface area (Å²) in [5.74, 6) is 1.34. The second-order valence-corrected chi connectivity index (χ2v) is 7.24. The molecule has 0 radical (unpaired) electrons. The summed E-state index contributed by atoms with van der Waals surface area (Å²) >= 11 is 2.12. The van der Waals surface area contributed by atoms with Crippen LogP contribution >= 0.6 is 11.8 Å². The zero-order valence-corrected chi connectivity index (χ0v) is 13.7. The third-order valence-corrected chi connectivity index (χ3v) is 5.66. The smallest absolute Gasteiger partial charge is 0.0455 e. The Balaban J connectivity index is 1.69. The van der Waals surface area contributed by atoms with Crippen LogP contribution in [0.5, 0.6) is 0 Å². The maximum absolute atomic E-state index is 3.64. The molecule has 112 valence electrons. The summed E-state index contributed by atoms with van der Waals surface area (Å²) in [5.41, 5.74) is 5.33. The van der Waals surface area contributed by atoms with E-state index in [-0.39, 0.29) is 0 Å². The SMILES string of the molecule is Cc1cc(CNCC2CCCS2)c(C)n1-c1ccccc1.